The highest BCUT2D eigenvalue weighted by Crippen LogP contribution is 2.22. The number of hydrogen-bond donors (Lipinski definition) is 4. The third-order valence-electron chi connectivity index (χ3n) is 5.16. The van der Waals surface area contributed by atoms with Gasteiger partial charge < -0.3 is 26.9 Å². The Morgan fingerprint density at radius 1 is 0.864 bits per heavy atom. The number of anilines is 1. The molecular formula is C37H59N5O2. The average Bonchev–Trinajstić information content (AvgIpc) is 3.02. The third kappa shape index (κ3) is 25.7. The molecule has 0 bridgehead atoms. The molecule has 244 valence electrons. The Hall–Kier alpha value is -4.04. The molecule has 44 heavy (non-hydrogen) atoms. The minimum absolute atomic E-state index is 0.173. The van der Waals surface area contributed by atoms with Crippen LogP contribution < -0.4 is 22.1 Å². The van der Waals surface area contributed by atoms with Crippen molar-refractivity contribution in [3.63, 3.8) is 0 Å². The summed E-state index contributed by atoms with van der Waals surface area (Å²) in [4.78, 5) is 23.3. The molecule has 0 atom stereocenters. The standard InChI is InChI=1S/C20H25N3O.C8H10.C3H7NO.C2H5N.2C2H6/c1-3-10-22-13-20(24)15-23(2)14-16-6-4-7-17(11-16)18-8-5-9-19(21)12-18;1-7-3-5-8(2)6-4-7;1-4-2-3-5;1-2-3;2*1-2/h3-9,11-12,22H,1,10,13-15,21H2,2H3;3-6H,1-2H3;3-4H,2H2,1H3;2H,1,3H2;2*1-2H3. The molecule has 3 aromatic rings. The zero-order valence-corrected chi connectivity index (χ0v) is 28.5. The molecule has 0 aromatic heterocycles. The molecule has 0 amide bonds. The summed E-state index contributed by atoms with van der Waals surface area (Å²) in [6, 6.07) is 24.7. The van der Waals surface area contributed by atoms with E-state index in [9.17, 15) is 9.59 Å². The molecule has 0 saturated carbocycles. The Labute approximate surface area is 268 Å². The van der Waals surface area contributed by atoms with Crippen LogP contribution in [0.4, 0.5) is 5.69 Å². The predicted octanol–water partition coefficient (Wildman–Crippen LogP) is 6.56. The number of likely N-dealkylation sites (N-methyl/N-ethyl adjacent to an activating group) is 2. The maximum atomic E-state index is 11.9. The van der Waals surface area contributed by atoms with Gasteiger partial charge in [0.2, 0.25) is 0 Å². The van der Waals surface area contributed by atoms with Crippen molar-refractivity contribution in [2.75, 3.05) is 46.0 Å². The second kappa shape index (κ2) is 31.9. The van der Waals surface area contributed by atoms with Gasteiger partial charge in [-0.2, -0.15) is 0 Å². The Morgan fingerprint density at radius 2 is 1.36 bits per heavy atom. The molecule has 0 radical (unpaired) electrons. The number of nitrogens with one attached hydrogen (secondary N) is 2. The highest BCUT2D eigenvalue weighted by molar-refractivity contribution is 5.82. The molecule has 0 saturated heterocycles. The van der Waals surface area contributed by atoms with Crippen molar-refractivity contribution in [3.8, 4) is 11.1 Å². The van der Waals surface area contributed by atoms with Gasteiger partial charge in [-0.05, 0) is 69.0 Å². The maximum Gasteiger partial charge on any atom is 0.160 e. The van der Waals surface area contributed by atoms with Gasteiger partial charge in [0.1, 0.15) is 6.29 Å². The first-order chi connectivity index (χ1) is 21.2. The number of Topliss-reactive ketones (excluding diaryl/α,β-unsaturated/α-hetero) is 1. The van der Waals surface area contributed by atoms with E-state index in [2.05, 4.69) is 85.8 Å². The summed E-state index contributed by atoms with van der Waals surface area (Å²) >= 11 is 0. The first-order valence-electron chi connectivity index (χ1n) is 15.1. The predicted molar refractivity (Wildman–Crippen MR) is 194 cm³/mol. The van der Waals surface area contributed by atoms with E-state index < -0.39 is 0 Å². The Balaban J connectivity index is -0.000000685. The highest BCUT2D eigenvalue weighted by atomic mass is 16.1. The van der Waals surface area contributed by atoms with E-state index in [0.717, 1.165) is 29.6 Å². The number of nitrogen functional groups attached to an aromatic ring is 1. The van der Waals surface area contributed by atoms with E-state index in [0.29, 0.717) is 26.2 Å². The molecule has 7 nitrogen and oxygen atoms in total. The molecule has 3 rings (SSSR count). The molecule has 0 unspecified atom stereocenters. The van der Waals surface area contributed by atoms with Gasteiger partial charge >= 0.3 is 0 Å². The highest BCUT2D eigenvalue weighted by Gasteiger charge is 2.08. The molecule has 0 aliphatic rings. The fraction of sp³-hybridized carbons (Fsp3) is 0.351. The zero-order chi connectivity index (χ0) is 34.2. The molecular weight excluding hydrogens is 546 g/mol. The number of aryl methyl sites for hydroxylation is 2. The van der Waals surface area contributed by atoms with Crippen LogP contribution in [0.2, 0.25) is 0 Å². The molecule has 3 aromatic carbocycles. The molecule has 0 aliphatic carbocycles. The number of ketones is 1. The fourth-order valence-corrected chi connectivity index (χ4v) is 3.33. The van der Waals surface area contributed by atoms with E-state index >= 15 is 0 Å². The van der Waals surface area contributed by atoms with E-state index in [1.807, 2.05) is 70.0 Å². The van der Waals surface area contributed by atoms with Crippen molar-refractivity contribution in [1.82, 2.24) is 15.5 Å². The number of nitrogens with zero attached hydrogens (tertiary/aromatic N) is 1. The maximum absolute atomic E-state index is 11.9. The van der Waals surface area contributed by atoms with Crippen LogP contribution in [0.5, 0.6) is 0 Å². The summed E-state index contributed by atoms with van der Waals surface area (Å²) in [6.45, 7) is 21.6. The molecule has 0 fully saturated rings. The summed E-state index contributed by atoms with van der Waals surface area (Å²) in [5.74, 6) is 0.173. The summed E-state index contributed by atoms with van der Waals surface area (Å²) in [5, 5.41) is 5.68. The number of hydrogen-bond acceptors (Lipinski definition) is 7. The van der Waals surface area contributed by atoms with Crippen molar-refractivity contribution in [3.05, 3.63) is 115 Å². The monoisotopic (exact) mass is 605 g/mol. The second-order valence-electron chi connectivity index (χ2n) is 9.07. The van der Waals surface area contributed by atoms with Crippen molar-refractivity contribution >= 4 is 17.8 Å². The topological polar surface area (TPSA) is 113 Å². The van der Waals surface area contributed by atoms with Gasteiger partial charge in [-0.25, -0.2) is 0 Å². The minimum Gasteiger partial charge on any atom is -0.405 e. The lowest BCUT2D eigenvalue weighted by molar-refractivity contribution is -0.119. The number of benzene rings is 3. The SMILES string of the molecule is C=CCNCC(=O)CN(C)Cc1cccc(-c2cccc(N)c2)c1.C=CN.CC.CC.CNCC=O.Cc1ccc(C)cc1. The smallest absolute Gasteiger partial charge is 0.160 e. The number of carbonyl (C=O) groups excluding carboxylic acids is 2. The van der Waals surface area contributed by atoms with E-state index in [4.69, 9.17) is 5.73 Å². The van der Waals surface area contributed by atoms with Crippen LogP contribution in [-0.4, -0.2) is 57.2 Å². The zero-order valence-electron chi connectivity index (χ0n) is 28.5. The summed E-state index contributed by atoms with van der Waals surface area (Å²) < 4.78 is 0. The molecule has 0 spiro atoms. The molecule has 0 aliphatic heterocycles. The Morgan fingerprint density at radius 3 is 1.80 bits per heavy atom. The van der Waals surface area contributed by atoms with Crippen LogP contribution >= 0.6 is 0 Å². The molecule has 0 heterocycles. The summed E-state index contributed by atoms with van der Waals surface area (Å²) in [5.41, 5.74) is 17.3. The van der Waals surface area contributed by atoms with E-state index in [-0.39, 0.29) is 5.78 Å². The van der Waals surface area contributed by atoms with Crippen molar-refractivity contribution in [2.45, 2.75) is 48.1 Å². The lowest BCUT2D eigenvalue weighted by Gasteiger charge is -2.16. The largest absolute Gasteiger partial charge is 0.405 e. The number of nitrogens with two attached hydrogens (primary N) is 2. The lowest BCUT2D eigenvalue weighted by atomic mass is 10.0. The van der Waals surface area contributed by atoms with Gasteiger partial charge in [0.05, 0.1) is 19.6 Å². The van der Waals surface area contributed by atoms with Crippen LogP contribution in [-0.2, 0) is 16.1 Å². The van der Waals surface area contributed by atoms with Gasteiger partial charge in [-0.1, -0.05) is 106 Å². The van der Waals surface area contributed by atoms with Crippen LogP contribution in [0.1, 0.15) is 44.4 Å². The van der Waals surface area contributed by atoms with E-state index in [1.54, 1.807) is 13.1 Å². The van der Waals surface area contributed by atoms with Crippen molar-refractivity contribution < 1.29 is 9.59 Å². The lowest BCUT2D eigenvalue weighted by Crippen LogP contribution is -2.32. The number of aldehydes is 1. The number of carbonyl (C=O) groups is 2. The van der Waals surface area contributed by atoms with Crippen LogP contribution in [0.25, 0.3) is 11.1 Å². The average molecular weight is 606 g/mol. The Bertz CT molecular complexity index is 1110. The second-order valence-corrected chi connectivity index (χ2v) is 9.07. The normalized spacial score (nSPS) is 8.93. The van der Waals surface area contributed by atoms with Gasteiger partial charge in [-0.3, -0.25) is 9.69 Å². The Kier molecular flexibility index (Phi) is 32.2. The van der Waals surface area contributed by atoms with Crippen LogP contribution in [0.15, 0.2) is 98.2 Å². The van der Waals surface area contributed by atoms with Gasteiger partial charge in [0, 0.05) is 18.8 Å². The fourth-order valence-electron chi connectivity index (χ4n) is 3.33. The third-order valence-corrected chi connectivity index (χ3v) is 5.16. The number of rotatable bonds is 11. The molecule has 6 N–H and O–H groups in total. The summed E-state index contributed by atoms with van der Waals surface area (Å²) in [6.07, 6.45) is 3.82. The quantitative estimate of drug-likeness (QED) is 0.0847. The summed E-state index contributed by atoms with van der Waals surface area (Å²) in [7, 11) is 3.69. The minimum atomic E-state index is 0.173. The van der Waals surface area contributed by atoms with Gasteiger partial charge in [-0.15, -0.1) is 6.58 Å². The first kappa shape index (κ1) is 44.4. The van der Waals surface area contributed by atoms with Gasteiger partial charge in [0.15, 0.2) is 5.78 Å². The van der Waals surface area contributed by atoms with Crippen LogP contribution in [0, 0.1) is 13.8 Å². The van der Waals surface area contributed by atoms with Crippen LogP contribution in [0.3, 0.4) is 0 Å². The van der Waals surface area contributed by atoms with Crippen molar-refractivity contribution in [2.24, 2.45) is 5.73 Å². The van der Waals surface area contributed by atoms with E-state index in [1.165, 1.54) is 22.9 Å². The first-order valence-corrected chi connectivity index (χ1v) is 15.1. The molecule has 7 heteroatoms. The van der Waals surface area contributed by atoms with Crippen molar-refractivity contribution in [1.29, 1.82) is 0 Å². The van der Waals surface area contributed by atoms with Gasteiger partial charge in [0.25, 0.3) is 0 Å².